The van der Waals surface area contributed by atoms with Gasteiger partial charge in [-0.15, -0.1) is 0 Å². The van der Waals surface area contributed by atoms with Crippen LogP contribution in [-0.4, -0.2) is 51.8 Å². The molecule has 0 saturated carbocycles. The fraction of sp³-hybridized carbons (Fsp3) is 0.421. The van der Waals surface area contributed by atoms with Crippen LogP contribution in [0.5, 0.6) is 0 Å². The smallest absolute Gasteiger partial charge is 0.274 e. The maximum absolute atomic E-state index is 12.7. The third kappa shape index (κ3) is 2.96. The largest absolute Gasteiger partial charge is 0.345 e. The summed E-state index contributed by atoms with van der Waals surface area (Å²) in [4.78, 5) is 21.7. The topological polar surface area (TPSA) is 54.3 Å². The molecular weight excluding hydrogens is 346 g/mol. The Hall–Kier alpha value is -2.41. The Morgan fingerprint density at radius 2 is 1.96 bits per heavy atom. The van der Waals surface area contributed by atoms with Crippen molar-refractivity contribution in [2.75, 3.05) is 31.1 Å². The lowest BCUT2D eigenvalue weighted by molar-refractivity contribution is 0.0740. The molecule has 0 aliphatic carbocycles. The van der Waals surface area contributed by atoms with Crippen molar-refractivity contribution in [3.63, 3.8) is 0 Å². The van der Waals surface area contributed by atoms with E-state index in [-0.39, 0.29) is 5.91 Å². The highest BCUT2D eigenvalue weighted by molar-refractivity contribution is 7.22. The van der Waals surface area contributed by atoms with Crippen LogP contribution >= 0.6 is 11.3 Å². The quantitative estimate of drug-likeness (QED) is 0.712. The number of fused-ring (bicyclic) bond motifs is 1. The van der Waals surface area contributed by atoms with E-state index in [1.807, 2.05) is 29.5 Å². The van der Waals surface area contributed by atoms with Crippen molar-refractivity contribution in [3.05, 3.63) is 41.2 Å². The minimum absolute atomic E-state index is 0.0279. The van der Waals surface area contributed by atoms with Crippen LogP contribution in [0.3, 0.4) is 0 Å². The normalized spacial score (nSPS) is 15.0. The first kappa shape index (κ1) is 17.0. The predicted octanol–water partition coefficient (Wildman–Crippen LogP) is 3.09. The van der Waals surface area contributed by atoms with Gasteiger partial charge in [-0.25, -0.2) is 4.98 Å². The van der Waals surface area contributed by atoms with Crippen molar-refractivity contribution in [1.29, 1.82) is 0 Å². The molecule has 4 rings (SSSR count). The first-order chi connectivity index (χ1) is 12.6. The lowest BCUT2D eigenvalue weighted by Crippen LogP contribution is -2.48. The molecular formula is C19H23N5OS. The second-order valence-electron chi connectivity index (χ2n) is 6.68. The molecule has 1 fully saturated rings. The molecule has 3 heterocycles. The number of amides is 1. The third-order valence-corrected chi connectivity index (χ3v) is 6.03. The fourth-order valence-corrected chi connectivity index (χ4v) is 4.50. The molecule has 1 aromatic carbocycles. The maximum atomic E-state index is 12.7. The number of hydrogen-bond acceptors (Lipinski definition) is 5. The molecule has 0 N–H and O–H groups in total. The lowest BCUT2D eigenvalue weighted by atomic mass is 10.2. The van der Waals surface area contributed by atoms with Gasteiger partial charge in [0.2, 0.25) is 0 Å². The monoisotopic (exact) mass is 369 g/mol. The maximum Gasteiger partial charge on any atom is 0.274 e. The van der Waals surface area contributed by atoms with E-state index in [4.69, 9.17) is 4.98 Å². The molecule has 0 atom stereocenters. The van der Waals surface area contributed by atoms with Gasteiger partial charge in [0, 0.05) is 38.4 Å². The third-order valence-electron chi connectivity index (χ3n) is 4.95. The summed E-state index contributed by atoms with van der Waals surface area (Å²) in [5.74, 6) is 0.0279. The number of benzene rings is 1. The minimum atomic E-state index is 0.0279. The van der Waals surface area contributed by atoms with E-state index in [1.165, 1.54) is 10.3 Å². The molecule has 1 aliphatic rings. The lowest BCUT2D eigenvalue weighted by Gasteiger charge is -2.34. The summed E-state index contributed by atoms with van der Waals surface area (Å²) in [6.45, 7) is 9.91. The summed E-state index contributed by atoms with van der Waals surface area (Å²) < 4.78 is 3.09. The van der Waals surface area contributed by atoms with Crippen LogP contribution in [-0.2, 0) is 6.54 Å². The number of rotatable bonds is 3. The van der Waals surface area contributed by atoms with Crippen LogP contribution in [0.25, 0.3) is 10.2 Å². The van der Waals surface area contributed by atoms with Gasteiger partial charge in [-0.05, 0) is 38.5 Å². The molecule has 136 valence electrons. The van der Waals surface area contributed by atoms with E-state index in [9.17, 15) is 4.79 Å². The summed E-state index contributed by atoms with van der Waals surface area (Å²) in [7, 11) is 0. The van der Waals surface area contributed by atoms with E-state index in [0.29, 0.717) is 18.8 Å². The first-order valence-electron chi connectivity index (χ1n) is 9.01. The van der Waals surface area contributed by atoms with Crippen LogP contribution in [0, 0.1) is 13.8 Å². The Bertz CT molecular complexity index is 952. The van der Waals surface area contributed by atoms with E-state index in [2.05, 4.69) is 35.1 Å². The summed E-state index contributed by atoms with van der Waals surface area (Å²) in [5.41, 5.74) is 3.88. The molecule has 7 heteroatoms. The van der Waals surface area contributed by atoms with Gasteiger partial charge in [0.1, 0.15) is 0 Å². The first-order valence-corrected chi connectivity index (χ1v) is 9.83. The van der Waals surface area contributed by atoms with Crippen LogP contribution in [0.1, 0.15) is 28.7 Å². The van der Waals surface area contributed by atoms with Crippen molar-refractivity contribution in [3.8, 4) is 0 Å². The number of aryl methyl sites for hydroxylation is 3. The number of aromatic nitrogens is 3. The SMILES string of the molecule is CCn1nc(C(=O)N2CCN(c3nc4c(C)cccc4s3)CC2)cc1C. The highest BCUT2D eigenvalue weighted by atomic mass is 32.1. The molecule has 2 aromatic heterocycles. The average molecular weight is 369 g/mol. The van der Waals surface area contributed by atoms with Gasteiger partial charge >= 0.3 is 0 Å². The molecule has 1 saturated heterocycles. The molecule has 0 radical (unpaired) electrons. The van der Waals surface area contributed by atoms with Crippen molar-refractivity contribution in [1.82, 2.24) is 19.7 Å². The summed E-state index contributed by atoms with van der Waals surface area (Å²) >= 11 is 1.73. The molecule has 0 unspecified atom stereocenters. The highest BCUT2D eigenvalue weighted by Crippen LogP contribution is 2.31. The summed E-state index contributed by atoms with van der Waals surface area (Å²) in [6.07, 6.45) is 0. The summed E-state index contributed by atoms with van der Waals surface area (Å²) in [6, 6.07) is 8.18. The Kier molecular flexibility index (Phi) is 4.40. The zero-order valence-electron chi connectivity index (χ0n) is 15.4. The van der Waals surface area contributed by atoms with Crippen LogP contribution < -0.4 is 4.90 Å². The van der Waals surface area contributed by atoms with Crippen LogP contribution in [0.4, 0.5) is 5.13 Å². The van der Waals surface area contributed by atoms with Gasteiger partial charge in [0.15, 0.2) is 10.8 Å². The van der Waals surface area contributed by atoms with E-state index in [1.54, 1.807) is 11.3 Å². The average Bonchev–Trinajstić information content (AvgIpc) is 3.25. The highest BCUT2D eigenvalue weighted by Gasteiger charge is 2.25. The molecule has 6 nitrogen and oxygen atoms in total. The Balaban J connectivity index is 1.46. The van der Waals surface area contributed by atoms with Gasteiger partial charge in [-0.2, -0.15) is 5.10 Å². The molecule has 1 amide bonds. The second kappa shape index (κ2) is 6.72. The summed E-state index contributed by atoms with van der Waals surface area (Å²) in [5, 5.41) is 5.47. The minimum Gasteiger partial charge on any atom is -0.345 e. The van der Waals surface area contributed by atoms with Crippen molar-refractivity contribution in [2.24, 2.45) is 0 Å². The van der Waals surface area contributed by atoms with Crippen molar-refractivity contribution in [2.45, 2.75) is 27.3 Å². The Labute approximate surface area is 157 Å². The molecule has 0 bridgehead atoms. The van der Waals surface area contributed by atoms with Gasteiger partial charge in [0.05, 0.1) is 10.2 Å². The number of thiazole rings is 1. The van der Waals surface area contributed by atoms with E-state index >= 15 is 0 Å². The number of anilines is 1. The number of nitrogens with zero attached hydrogens (tertiary/aromatic N) is 5. The van der Waals surface area contributed by atoms with E-state index < -0.39 is 0 Å². The number of carbonyl (C=O) groups is 1. The Morgan fingerprint density at radius 1 is 1.19 bits per heavy atom. The zero-order chi connectivity index (χ0) is 18.3. The molecule has 1 aliphatic heterocycles. The van der Waals surface area contributed by atoms with Crippen molar-refractivity contribution >= 4 is 32.6 Å². The van der Waals surface area contributed by atoms with Gasteiger partial charge in [0.25, 0.3) is 5.91 Å². The van der Waals surface area contributed by atoms with Crippen LogP contribution in [0.15, 0.2) is 24.3 Å². The number of para-hydroxylation sites is 1. The molecule has 0 spiro atoms. The van der Waals surface area contributed by atoms with Crippen LogP contribution in [0.2, 0.25) is 0 Å². The standard InChI is InChI=1S/C19H23N5OS/c1-4-24-14(3)12-15(21-24)18(25)22-8-10-23(11-9-22)19-20-17-13(2)6-5-7-16(17)26-19/h5-7,12H,4,8-11H2,1-3H3. The van der Waals surface area contributed by atoms with E-state index in [0.717, 1.165) is 36.0 Å². The Morgan fingerprint density at radius 3 is 2.62 bits per heavy atom. The zero-order valence-corrected chi connectivity index (χ0v) is 16.2. The molecule has 3 aromatic rings. The van der Waals surface area contributed by atoms with Crippen molar-refractivity contribution < 1.29 is 4.79 Å². The fourth-order valence-electron chi connectivity index (χ4n) is 3.41. The molecule has 26 heavy (non-hydrogen) atoms. The predicted molar refractivity (Wildman–Crippen MR) is 105 cm³/mol. The number of carbonyl (C=O) groups excluding carboxylic acids is 1. The second-order valence-corrected chi connectivity index (χ2v) is 7.69. The van der Waals surface area contributed by atoms with Gasteiger partial charge < -0.3 is 9.80 Å². The van der Waals surface area contributed by atoms with Gasteiger partial charge in [-0.3, -0.25) is 9.48 Å². The number of piperazine rings is 1. The van der Waals surface area contributed by atoms with Gasteiger partial charge in [-0.1, -0.05) is 23.5 Å². The number of hydrogen-bond donors (Lipinski definition) is 0.